The van der Waals surface area contributed by atoms with E-state index in [4.69, 9.17) is 0 Å². The van der Waals surface area contributed by atoms with E-state index in [-0.39, 0.29) is 6.07 Å². The smallest absolute Gasteiger partial charge is 0.203 e. The van der Waals surface area contributed by atoms with Gasteiger partial charge in [-0.15, -0.1) is 0 Å². The van der Waals surface area contributed by atoms with Gasteiger partial charge in [-0.2, -0.15) is 4.39 Å². The van der Waals surface area contributed by atoms with E-state index in [0.717, 1.165) is 0 Å². The minimum Gasteiger partial charge on any atom is -0.546 e. The predicted octanol–water partition coefficient (Wildman–Crippen LogP) is 0.372. The summed E-state index contributed by atoms with van der Waals surface area (Å²) >= 11 is 0. The summed E-state index contributed by atoms with van der Waals surface area (Å²) in [6.45, 7) is -1.10. The van der Waals surface area contributed by atoms with Gasteiger partial charge in [-0.3, -0.25) is 0 Å². The zero-order valence-electron chi connectivity index (χ0n) is 7.02. The molecule has 1 rings (SSSR count). The van der Waals surface area contributed by atoms with Gasteiger partial charge in [0.2, 0.25) is 11.6 Å². The second-order valence-electron chi connectivity index (χ2n) is 2.46. The number of hydrogen-bond acceptors (Lipinski definition) is 3. The SMILES string of the molecule is O=C([O-])COc1cc(F)c(F)c(F)c1F. The zero-order chi connectivity index (χ0) is 11.6. The quantitative estimate of drug-likeness (QED) is 0.422. The van der Waals surface area contributed by atoms with E-state index in [1.54, 1.807) is 0 Å². The molecule has 0 aliphatic rings. The molecule has 0 fully saturated rings. The first-order valence-corrected chi connectivity index (χ1v) is 3.59. The molecule has 0 saturated carbocycles. The number of ether oxygens (including phenoxy) is 1. The normalized spacial score (nSPS) is 10.1. The van der Waals surface area contributed by atoms with Gasteiger partial charge in [0.15, 0.2) is 17.4 Å². The first-order chi connectivity index (χ1) is 6.93. The first kappa shape index (κ1) is 11.3. The summed E-state index contributed by atoms with van der Waals surface area (Å²) in [5, 5.41) is 9.90. The van der Waals surface area contributed by atoms with Crippen LogP contribution in [0.4, 0.5) is 17.6 Å². The van der Waals surface area contributed by atoms with Crippen LogP contribution in [0, 0.1) is 23.3 Å². The fraction of sp³-hybridized carbons (Fsp3) is 0.125. The van der Waals surface area contributed by atoms with Crippen molar-refractivity contribution in [3.05, 3.63) is 29.3 Å². The average molecular weight is 223 g/mol. The van der Waals surface area contributed by atoms with Crippen molar-refractivity contribution in [2.75, 3.05) is 6.61 Å². The number of aliphatic carboxylic acids is 1. The fourth-order valence-electron chi connectivity index (χ4n) is 0.793. The molecule has 0 radical (unpaired) electrons. The lowest BCUT2D eigenvalue weighted by molar-refractivity contribution is -0.307. The number of hydrogen-bond donors (Lipinski definition) is 0. The highest BCUT2D eigenvalue weighted by Crippen LogP contribution is 2.24. The molecule has 0 heterocycles. The van der Waals surface area contributed by atoms with Crippen molar-refractivity contribution in [2.45, 2.75) is 0 Å². The number of carboxylic acids is 1. The number of benzene rings is 1. The molecule has 82 valence electrons. The van der Waals surface area contributed by atoms with Gasteiger partial charge in [0, 0.05) is 6.07 Å². The van der Waals surface area contributed by atoms with Crippen molar-refractivity contribution in [1.29, 1.82) is 0 Å². The summed E-state index contributed by atoms with van der Waals surface area (Å²) in [6, 6.07) is 0.205. The van der Waals surface area contributed by atoms with Crippen molar-refractivity contribution in [3.8, 4) is 5.75 Å². The van der Waals surface area contributed by atoms with E-state index in [0.29, 0.717) is 0 Å². The van der Waals surface area contributed by atoms with Gasteiger partial charge in [0.05, 0.1) is 5.97 Å². The minimum absolute atomic E-state index is 0.205. The Hall–Kier alpha value is -1.79. The summed E-state index contributed by atoms with van der Waals surface area (Å²) in [7, 11) is 0. The van der Waals surface area contributed by atoms with Crippen LogP contribution in [0.15, 0.2) is 6.07 Å². The van der Waals surface area contributed by atoms with E-state index in [1.807, 2.05) is 0 Å². The van der Waals surface area contributed by atoms with Gasteiger partial charge < -0.3 is 14.6 Å². The third-order valence-corrected chi connectivity index (χ3v) is 1.41. The number of halogens is 4. The Kier molecular flexibility index (Phi) is 3.13. The summed E-state index contributed by atoms with van der Waals surface area (Å²) < 4.78 is 54.4. The van der Waals surface area contributed by atoms with Crippen LogP contribution in [-0.2, 0) is 4.79 Å². The summed E-state index contributed by atoms with van der Waals surface area (Å²) in [6.07, 6.45) is 0. The van der Waals surface area contributed by atoms with Crippen LogP contribution in [0.5, 0.6) is 5.75 Å². The molecule has 0 aliphatic heterocycles. The number of carbonyl (C=O) groups excluding carboxylic acids is 1. The molecule has 0 spiro atoms. The Morgan fingerprint density at radius 3 is 2.33 bits per heavy atom. The van der Waals surface area contributed by atoms with Gasteiger partial charge in [0.25, 0.3) is 0 Å². The molecule has 15 heavy (non-hydrogen) atoms. The lowest BCUT2D eigenvalue weighted by atomic mass is 10.3. The molecule has 0 bridgehead atoms. The molecular weight excluding hydrogens is 220 g/mol. The van der Waals surface area contributed by atoms with E-state index in [1.165, 1.54) is 0 Å². The van der Waals surface area contributed by atoms with Gasteiger partial charge in [-0.1, -0.05) is 0 Å². The topological polar surface area (TPSA) is 49.4 Å². The van der Waals surface area contributed by atoms with Crippen LogP contribution in [0.2, 0.25) is 0 Å². The van der Waals surface area contributed by atoms with Gasteiger partial charge in [0.1, 0.15) is 6.61 Å². The van der Waals surface area contributed by atoms with Crippen LogP contribution in [0.25, 0.3) is 0 Å². The van der Waals surface area contributed by atoms with E-state index < -0.39 is 41.6 Å². The lowest BCUT2D eigenvalue weighted by Crippen LogP contribution is -2.29. The third kappa shape index (κ3) is 2.36. The molecule has 0 aliphatic carbocycles. The predicted molar refractivity (Wildman–Crippen MR) is 36.8 cm³/mol. The van der Waals surface area contributed by atoms with Crippen LogP contribution < -0.4 is 9.84 Å². The Labute approximate surface area is 80.9 Å². The number of carbonyl (C=O) groups is 1. The molecule has 0 amide bonds. The second-order valence-corrected chi connectivity index (χ2v) is 2.46. The Balaban J connectivity index is 3.04. The van der Waals surface area contributed by atoms with E-state index >= 15 is 0 Å². The molecule has 1 aromatic carbocycles. The summed E-state index contributed by atoms with van der Waals surface area (Å²) in [4.78, 5) is 9.90. The highest BCUT2D eigenvalue weighted by Gasteiger charge is 2.19. The highest BCUT2D eigenvalue weighted by molar-refractivity contribution is 5.66. The second kappa shape index (κ2) is 4.16. The van der Waals surface area contributed by atoms with Crippen LogP contribution in [0.1, 0.15) is 0 Å². The standard InChI is InChI=1S/C8H4F4O3/c9-3-1-4(15-2-5(13)14)7(11)8(12)6(3)10/h1H,2H2,(H,13,14)/p-1. The maximum absolute atomic E-state index is 12.8. The molecule has 0 unspecified atom stereocenters. The number of rotatable bonds is 3. The maximum atomic E-state index is 12.8. The average Bonchev–Trinajstić information content (AvgIpc) is 2.18. The largest absolute Gasteiger partial charge is 0.546 e. The maximum Gasteiger partial charge on any atom is 0.203 e. The van der Waals surface area contributed by atoms with Gasteiger partial charge in [-0.25, -0.2) is 13.2 Å². The first-order valence-electron chi connectivity index (χ1n) is 3.59. The van der Waals surface area contributed by atoms with E-state index in [9.17, 15) is 27.5 Å². The van der Waals surface area contributed by atoms with Crippen molar-refractivity contribution < 1.29 is 32.2 Å². The van der Waals surface area contributed by atoms with Crippen molar-refractivity contribution in [3.63, 3.8) is 0 Å². The van der Waals surface area contributed by atoms with Crippen LogP contribution in [0.3, 0.4) is 0 Å². The fourth-order valence-corrected chi connectivity index (χ4v) is 0.793. The lowest BCUT2D eigenvalue weighted by Gasteiger charge is -2.08. The number of carboxylic acid groups (broad SMARTS) is 1. The van der Waals surface area contributed by atoms with Crippen molar-refractivity contribution >= 4 is 5.97 Å². The summed E-state index contributed by atoms with van der Waals surface area (Å²) in [5.74, 6) is -10.3. The molecule has 1 aromatic rings. The van der Waals surface area contributed by atoms with Crippen molar-refractivity contribution in [2.24, 2.45) is 0 Å². The minimum atomic E-state index is -2.07. The summed E-state index contributed by atoms with van der Waals surface area (Å²) in [5.41, 5.74) is 0. The van der Waals surface area contributed by atoms with Gasteiger partial charge in [-0.05, 0) is 0 Å². The highest BCUT2D eigenvalue weighted by atomic mass is 19.2. The van der Waals surface area contributed by atoms with Crippen LogP contribution >= 0.6 is 0 Å². The molecule has 0 atom stereocenters. The Bertz CT molecular complexity index is 405. The third-order valence-electron chi connectivity index (χ3n) is 1.41. The molecule has 7 heteroatoms. The monoisotopic (exact) mass is 223 g/mol. The van der Waals surface area contributed by atoms with Gasteiger partial charge >= 0.3 is 0 Å². The van der Waals surface area contributed by atoms with Crippen LogP contribution in [-0.4, -0.2) is 12.6 Å². The van der Waals surface area contributed by atoms with E-state index in [2.05, 4.69) is 4.74 Å². The molecule has 3 nitrogen and oxygen atoms in total. The Morgan fingerprint density at radius 1 is 1.20 bits per heavy atom. The molecular formula is C8H3F4O3-. The Morgan fingerprint density at radius 2 is 1.80 bits per heavy atom. The van der Waals surface area contributed by atoms with Crippen molar-refractivity contribution in [1.82, 2.24) is 0 Å². The molecule has 0 saturated heterocycles. The zero-order valence-corrected chi connectivity index (χ0v) is 7.02. The molecule has 0 N–H and O–H groups in total. The molecule has 0 aromatic heterocycles.